The summed E-state index contributed by atoms with van der Waals surface area (Å²) in [6.45, 7) is 5.11. The maximum Gasteiger partial charge on any atom is 0.251 e. The summed E-state index contributed by atoms with van der Waals surface area (Å²) < 4.78 is 0. The minimum Gasteiger partial charge on any atom is -0.352 e. The molecule has 0 spiro atoms. The third kappa shape index (κ3) is 4.27. The van der Waals surface area contributed by atoms with Crippen molar-refractivity contribution in [1.29, 1.82) is 0 Å². The van der Waals surface area contributed by atoms with Gasteiger partial charge in [0.1, 0.15) is 0 Å². The largest absolute Gasteiger partial charge is 0.352 e. The molecule has 0 saturated heterocycles. The van der Waals surface area contributed by atoms with Crippen molar-refractivity contribution in [2.45, 2.75) is 31.6 Å². The van der Waals surface area contributed by atoms with E-state index in [1.807, 2.05) is 12.1 Å². The van der Waals surface area contributed by atoms with Gasteiger partial charge in [-0.25, -0.2) is 0 Å². The molecule has 0 aromatic heterocycles. The number of carbonyl (C=O) groups excluding carboxylic acids is 1. The van der Waals surface area contributed by atoms with Gasteiger partial charge < -0.3 is 5.32 Å². The number of amides is 1. The Kier molecular flexibility index (Phi) is 5.39. The molecule has 1 N–H and O–H groups in total. The Morgan fingerprint density at radius 1 is 1.38 bits per heavy atom. The predicted octanol–water partition coefficient (Wildman–Crippen LogP) is 3.14. The number of hydrogen-bond acceptors (Lipinski definition) is 2. The number of benzene rings is 1. The van der Waals surface area contributed by atoms with Gasteiger partial charge in [0.25, 0.3) is 5.91 Å². The number of hydrogen-bond donors (Lipinski definition) is 2. The van der Waals surface area contributed by atoms with Crippen molar-refractivity contribution >= 4 is 18.5 Å². The van der Waals surface area contributed by atoms with Crippen LogP contribution < -0.4 is 5.32 Å². The van der Waals surface area contributed by atoms with Crippen molar-refractivity contribution in [2.75, 3.05) is 6.54 Å². The lowest BCUT2D eigenvalue weighted by Crippen LogP contribution is -2.25. The average Bonchev–Trinajstić information content (AvgIpc) is 2.29. The van der Waals surface area contributed by atoms with Gasteiger partial charge in [0.05, 0.1) is 0 Å². The van der Waals surface area contributed by atoms with Crippen molar-refractivity contribution in [2.24, 2.45) is 5.92 Å². The summed E-state index contributed by atoms with van der Waals surface area (Å²) in [5.74, 6) is 0.664. The van der Waals surface area contributed by atoms with Gasteiger partial charge in [-0.1, -0.05) is 20.3 Å². The topological polar surface area (TPSA) is 29.1 Å². The van der Waals surface area contributed by atoms with E-state index in [0.717, 1.165) is 24.3 Å². The van der Waals surface area contributed by atoms with Gasteiger partial charge in [0, 0.05) is 17.0 Å². The molecular weight excluding hydrogens is 218 g/mol. The van der Waals surface area contributed by atoms with E-state index in [2.05, 4.69) is 31.8 Å². The highest BCUT2D eigenvalue weighted by molar-refractivity contribution is 7.80. The van der Waals surface area contributed by atoms with E-state index in [-0.39, 0.29) is 5.91 Å². The first-order chi connectivity index (χ1) is 7.63. The summed E-state index contributed by atoms with van der Waals surface area (Å²) in [4.78, 5) is 12.6. The van der Waals surface area contributed by atoms with Gasteiger partial charge in [-0.15, -0.1) is 12.6 Å². The van der Waals surface area contributed by atoms with Crippen LogP contribution in [0.5, 0.6) is 0 Å². The van der Waals surface area contributed by atoms with Crippen molar-refractivity contribution in [3.63, 3.8) is 0 Å². The van der Waals surface area contributed by atoms with E-state index in [1.54, 1.807) is 12.1 Å². The molecule has 16 heavy (non-hydrogen) atoms. The van der Waals surface area contributed by atoms with Gasteiger partial charge >= 0.3 is 0 Å². The van der Waals surface area contributed by atoms with Gasteiger partial charge in [0.15, 0.2) is 0 Å². The Bertz CT molecular complexity index is 334. The van der Waals surface area contributed by atoms with E-state index in [9.17, 15) is 4.79 Å². The Balaban J connectivity index is 2.38. The minimum atomic E-state index is -0.00311. The summed E-state index contributed by atoms with van der Waals surface area (Å²) >= 11 is 4.18. The fraction of sp³-hybridized carbons (Fsp3) is 0.462. The zero-order valence-corrected chi connectivity index (χ0v) is 10.8. The maximum absolute atomic E-state index is 11.7. The molecule has 0 fully saturated rings. The molecule has 1 atom stereocenters. The molecule has 1 aromatic rings. The molecule has 1 unspecified atom stereocenters. The number of carbonyl (C=O) groups is 1. The lowest BCUT2D eigenvalue weighted by atomic mass is 10.1. The smallest absolute Gasteiger partial charge is 0.251 e. The van der Waals surface area contributed by atoms with Crippen LogP contribution >= 0.6 is 12.6 Å². The van der Waals surface area contributed by atoms with Crippen LogP contribution in [-0.2, 0) is 0 Å². The number of thiol groups is 1. The molecule has 3 heteroatoms. The highest BCUT2D eigenvalue weighted by atomic mass is 32.1. The molecule has 0 radical (unpaired) electrons. The Morgan fingerprint density at radius 2 is 2.00 bits per heavy atom. The first-order valence-corrected chi connectivity index (χ1v) is 6.15. The summed E-state index contributed by atoms with van der Waals surface area (Å²) in [5.41, 5.74) is 0.696. The number of rotatable bonds is 5. The van der Waals surface area contributed by atoms with Gasteiger partial charge in [-0.3, -0.25) is 4.79 Å². The van der Waals surface area contributed by atoms with Crippen molar-refractivity contribution in [3.05, 3.63) is 29.8 Å². The van der Waals surface area contributed by atoms with Crippen LogP contribution in [0.3, 0.4) is 0 Å². The quantitative estimate of drug-likeness (QED) is 0.757. The molecule has 0 saturated carbocycles. The molecular formula is C13H19NOS. The predicted molar refractivity (Wildman–Crippen MR) is 70.1 cm³/mol. The van der Waals surface area contributed by atoms with Crippen molar-refractivity contribution in [3.8, 4) is 0 Å². The summed E-state index contributed by atoms with van der Waals surface area (Å²) in [6, 6.07) is 7.24. The lowest BCUT2D eigenvalue weighted by Gasteiger charge is -2.09. The van der Waals surface area contributed by atoms with E-state index >= 15 is 0 Å². The van der Waals surface area contributed by atoms with Gasteiger partial charge in [0.2, 0.25) is 0 Å². The van der Waals surface area contributed by atoms with Crippen LogP contribution in [0.15, 0.2) is 29.2 Å². The zero-order chi connectivity index (χ0) is 12.0. The monoisotopic (exact) mass is 237 g/mol. The molecule has 2 nitrogen and oxygen atoms in total. The maximum atomic E-state index is 11.7. The Morgan fingerprint density at radius 3 is 2.56 bits per heavy atom. The van der Waals surface area contributed by atoms with Crippen LogP contribution in [0.4, 0.5) is 0 Å². The molecule has 1 rings (SSSR count). The highest BCUT2D eigenvalue weighted by Gasteiger charge is 2.05. The first-order valence-electron chi connectivity index (χ1n) is 5.70. The molecule has 0 bridgehead atoms. The Labute approximate surface area is 103 Å². The second kappa shape index (κ2) is 6.59. The second-order valence-corrected chi connectivity index (χ2v) is 4.62. The van der Waals surface area contributed by atoms with Crippen LogP contribution in [0.1, 0.15) is 37.0 Å². The molecule has 0 heterocycles. The lowest BCUT2D eigenvalue weighted by molar-refractivity contribution is 0.0951. The van der Waals surface area contributed by atoms with Crippen molar-refractivity contribution in [1.82, 2.24) is 5.32 Å². The minimum absolute atomic E-state index is 0.00311. The molecule has 0 aliphatic heterocycles. The highest BCUT2D eigenvalue weighted by Crippen LogP contribution is 2.08. The molecule has 1 aromatic carbocycles. The van der Waals surface area contributed by atoms with Gasteiger partial charge in [-0.05, 0) is 36.6 Å². The standard InChI is InChI=1S/C13H19NOS/c1-3-10(2)8-9-14-13(15)11-4-6-12(16)7-5-11/h4-7,10,16H,3,8-9H2,1-2H3,(H,14,15). The number of nitrogens with one attached hydrogen (secondary N) is 1. The van der Waals surface area contributed by atoms with Crippen LogP contribution in [0.25, 0.3) is 0 Å². The second-order valence-electron chi connectivity index (χ2n) is 4.10. The van der Waals surface area contributed by atoms with E-state index in [1.165, 1.54) is 0 Å². The van der Waals surface area contributed by atoms with E-state index < -0.39 is 0 Å². The fourth-order valence-corrected chi connectivity index (χ4v) is 1.50. The normalized spacial score (nSPS) is 12.2. The van der Waals surface area contributed by atoms with Crippen LogP contribution in [-0.4, -0.2) is 12.5 Å². The molecule has 1 amide bonds. The first kappa shape index (κ1) is 13.1. The molecule has 88 valence electrons. The summed E-state index contributed by atoms with van der Waals surface area (Å²) in [5, 5.41) is 2.92. The van der Waals surface area contributed by atoms with Gasteiger partial charge in [-0.2, -0.15) is 0 Å². The third-order valence-corrected chi connectivity index (χ3v) is 3.05. The fourth-order valence-electron chi connectivity index (χ4n) is 1.35. The van der Waals surface area contributed by atoms with E-state index in [4.69, 9.17) is 0 Å². The van der Waals surface area contributed by atoms with Crippen LogP contribution in [0, 0.1) is 5.92 Å². The zero-order valence-electron chi connectivity index (χ0n) is 9.86. The van der Waals surface area contributed by atoms with Crippen molar-refractivity contribution < 1.29 is 4.79 Å². The summed E-state index contributed by atoms with van der Waals surface area (Å²) in [6.07, 6.45) is 2.19. The average molecular weight is 237 g/mol. The van der Waals surface area contributed by atoms with E-state index in [0.29, 0.717) is 11.5 Å². The SMILES string of the molecule is CCC(C)CCNC(=O)c1ccc(S)cc1. The Hall–Kier alpha value is -0.960. The third-order valence-electron chi connectivity index (χ3n) is 2.75. The summed E-state index contributed by atoms with van der Waals surface area (Å²) in [7, 11) is 0. The molecule has 0 aliphatic rings. The molecule has 0 aliphatic carbocycles. The van der Waals surface area contributed by atoms with Crippen LogP contribution in [0.2, 0.25) is 0 Å².